The highest BCUT2D eigenvalue weighted by atomic mass is 16.7. The maximum Gasteiger partial charge on any atom is 0.344 e. The molecular formula is C23H24N2O5. The summed E-state index contributed by atoms with van der Waals surface area (Å²) in [5, 5.41) is 3.59. The van der Waals surface area contributed by atoms with Crippen molar-refractivity contribution in [1.82, 2.24) is 0 Å². The minimum Gasteiger partial charge on any atom is -0.422 e. The van der Waals surface area contributed by atoms with Crippen molar-refractivity contribution in [2.45, 2.75) is 19.6 Å². The normalized spacial score (nSPS) is 14.6. The minimum absolute atomic E-state index is 0.408. The van der Waals surface area contributed by atoms with Crippen LogP contribution in [0, 0.1) is 0 Å². The van der Waals surface area contributed by atoms with Gasteiger partial charge in [-0.2, -0.15) is 0 Å². The van der Waals surface area contributed by atoms with Crippen molar-refractivity contribution in [3.05, 3.63) is 58.4 Å². The molecule has 0 spiro atoms. The quantitative estimate of drug-likeness (QED) is 0.495. The van der Waals surface area contributed by atoms with Crippen LogP contribution in [0.25, 0.3) is 22.1 Å². The average molecular weight is 408 g/mol. The number of benzene rings is 2. The van der Waals surface area contributed by atoms with E-state index in [1.54, 1.807) is 18.2 Å². The van der Waals surface area contributed by atoms with Gasteiger partial charge >= 0.3 is 5.63 Å². The number of fused-ring (bicyclic) bond motifs is 2. The number of hydrogen-bond donors (Lipinski definition) is 1. The Labute approximate surface area is 174 Å². The molecule has 156 valence electrons. The van der Waals surface area contributed by atoms with Crippen molar-refractivity contribution in [2.24, 2.45) is 0 Å². The Morgan fingerprint density at radius 2 is 1.73 bits per heavy atom. The van der Waals surface area contributed by atoms with Gasteiger partial charge in [0.05, 0.1) is 11.3 Å². The van der Waals surface area contributed by atoms with Gasteiger partial charge in [-0.05, 0) is 43.7 Å². The van der Waals surface area contributed by atoms with E-state index in [0.29, 0.717) is 28.0 Å². The van der Waals surface area contributed by atoms with Gasteiger partial charge in [-0.1, -0.05) is 12.1 Å². The van der Waals surface area contributed by atoms with Crippen LogP contribution in [0.1, 0.15) is 19.4 Å². The fourth-order valence-corrected chi connectivity index (χ4v) is 4.00. The van der Waals surface area contributed by atoms with Gasteiger partial charge in [0.25, 0.3) is 11.7 Å². The highest BCUT2D eigenvalue weighted by molar-refractivity contribution is 6.04. The molecule has 4 rings (SSSR count). The Morgan fingerprint density at radius 3 is 2.40 bits per heavy atom. The van der Waals surface area contributed by atoms with Crippen molar-refractivity contribution in [1.29, 1.82) is 0 Å². The van der Waals surface area contributed by atoms with Crippen molar-refractivity contribution in [2.75, 3.05) is 37.5 Å². The molecule has 0 atom stereocenters. The minimum atomic E-state index is -1.48. The summed E-state index contributed by atoms with van der Waals surface area (Å²) >= 11 is 0. The molecule has 0 aliphatic carbocycles. The van der Waals surface area contributed by atoms with Crippen LogP contribution in [0.4, 0.5) is 11.4 Å². The van der Waals surface area contributed by atoms with E-state index in [2.05, 4.69) is 24.1 Å². The van der Waals surface area contributed by atoms with Crippen LogP contribution in [0.3, 0.4) is 0 Å². The largest absolute Gasteiger partial charge is 0.422 e. The van der Waals surface area contributed by atoms with Crippen LogP contribution in [-0.4, -0.2) is 33.2 Å². The van der Waals surface area contributed by atoms with Crippen LogP contribution in [0.5, 0.6) is 0 Å². The molecule has 1 aliphatic rings. The van der Waals surface area contributed by atoms with Gasteiger partial charge in [0.1, 0.15) is 5.58 Å². The number of hydrogen-bond acceptors (Lipinski definition) is 6. The van der Waals surface area contributed by atoms with E-state index in [4.69, 9.17) is 13.9 Å². The molecule has 1 N–H and O–H groups in total. The van der Waals surface area contributed by atoms with E-state index in [9.17, 15) is 9.59 Å². The van der Waals surface area contributed by atoms with E-state index < -0.39 is 17.3 Å². The maximum atomic E-state index is 12.7. The van der Waals surface area contributed by atoms with E-state index in [1.807, 2.05) is 24.3 Å². The standard InChI is InChI=1S/C23H24N2O5/c1-5-25(6-2)16-9-7-15-11-17(21(26)30-20(15)13-16)14-8-10-18-19(12-14)24-22(27)23(18,28-3)29-4/h7-13H,5-6H2,1-4H3,(H,24,27). The molecule has 0 bridgehead atoms. The van der Waals surface area contributed by atoms with Crippen LogP contribution in [0.15, 0.2) is 51.7 Å². The summed E-state index contributed by atoms with van der Waals surface area (Å²) in [6.07, 6.45) is 0. The number of ether oxygens (including phenoxy) is 2. The summed E-state index contributed by atoms with van der Waals surface area (Å²) in [6.45, 7) is 5.91. The van der Waals surface area contributed by atoms with Gasteiger partial charge in [-0.3, -0.25) is 4.79 Å². The summed E-state index contributed by atoms with van der Waals surface area (Å²) in [7, 11) is 2.83. The lowest BCUT2D eigenvalue weighted by atomic mass is 10.0. The van der Waals surface area contributed by atoms with E-state index in [1.165, 1.54) is 14.2 Å². The number of anilines is 2. The molecule has 0 saturated carbocycles. The molecule has 1 amide bonds. The molecule has 0 fully saturated rings. The Bertz CT molecular complexity index is 1180. The van der Waals surface area contributed by atoms with Gasteiger partial charge in [-0.15, -0.1) is 0 Å². The smallest absolute Gasteiger partial charge is 0.344 e. The SMILES string of the molecule is CCN(CC)c1ccc2cc(-c3ccc4c(c3)NC(=O)C4(OC)OC)c(=O)oc2c1. The molecule has 7 heteroatoms. The average Bonchev–Trinajstić information content (AvgIpc) is 3.04. The third-order valence-electron chi connectivity index (χ3n) is 5.66. The molecule has 1 aliphatic heterocycles. The van der Waals surface area contributed by atoms with E-state index in [0.717, 1.165) is 24.2 Å². The number of rotatable bonds is 6. The zero-order valence-electron chi connectivity index (χ0n) is 17.4. The van der Waals surface area contributed by atoms with E-state index in [-0.39, 0.29) is 0 Å². The topological polar surface area (TPSA) is 81.0 Å². The molecule has 0 saturated heterocycles. The lowest BCUT2D eigenvalue weighted by molar-refractivity contribution is -0.207. The second-order valence-corrected chi connectivity index (χ2v) is 7.08. The first-order valence-corrected chi connectivity index (χ1v) is 9.86. The second kappa shape index (κ2) is 7.59. The van der Waals surface area contributed by atoms with Crippen molar-refractivity contribution in [3.63, 3.8) is 0 Å². The molecule has 30 heavy (non-hydrogen) atoms. The first-order chi connectivity index (χ1) is 14.5. The summed E-state index contributed by atoms with van der Waals surface area (Å²) in [6, 6.07) is 12.9. The molecule has 7 nitrogen and oxygen atoms in total. The third kappa shape index (κ3) is 2.98. The first kappa shape index (κ1) is 20.1. The number of amides is 1. The summed E-state index contributed by atoms with van der Waals surface area (Å²) in [5.41, 5.74) is 3.28. The summed E-state index contributed by atoms with van der Waals surface area (Å²) in [5.74, 6) is -1.89. The molecule has 0 unspecified atom stereocenters. The van der Waals surface area contributed by atoms with Gasteiger partial charge in [0.15, 0.2) is 0 Å². The predicted molar refractivity (Wildman–Crippen MR) is 116 cm³/mol. The molecule has 2 heterocycles. The highest BCUT2D eigenvalue weighted by Gasteiger charge is 2.48. The third-order valence-corrected chi connectivity index (χ3v) is 5.66. The lowest BCUT2D eigenvalue weighted by Crippen LogP contribution is -2.38. The number of nitrogens with zero attached hydrogens (tertiary/aromatic N) is 1. The van der Waals surface area contributed by atoms with Crippen LogP contribution in [-0.2, 0) is 20.1 Å². The lowest BCUT2D eigenvalue weighted by Gasteiger charge is -2.23. The van der Waals surface area contributed by atoms with Crippen molar-refractivity contribution >= 4 is 28.3 Å². The van der Waals surface area contributed by atoms with Crippen molar-refractivity contribution in [3.8, 4) is 11.1 Å². The molecular weight excluding hydrogens is 384 g/mol. The van der Waals surface area contributed by atoms with Crippen LogP contribution < -0.4 is 15.8 Å². The van der Waals surface area contributed by atoms with Crippen LogP contribution >= 0.6 is 0 Å². The maximum absolute atomic E-state index is 12.7. The zero-order chi connectivity index (χ0) is 21.5. The first-order valence-electron chi connectivity index (χ1n) is 9.86. The van der Waals surface area contributed by atoms with Gasteiger partial charge in [0.2, 0.25) is 0 Å². The summed E-state index contributed by atoms with van der Waals surface area (Å²) < 4.78 is 16.3. The van der Waals surface area contributed by atoms with E-state index >= 15 is 0 Å². The monoisotopic (exact) mass is 408 g/mol. The number of carbonyl (C=O) groups is 1. The van der Waals surface area contributed by atoms with Crippen molar-refractivity contribution < 1.29 is 18.7 Å². The molecule has 0 radical (unpaired) electrons. The van der Waals surface area contributed by atoms with Gasteiger partial charge in [0, 0.05) is 50.0 Å². The number of methoxy groups -OCH3 is 2. The molecule has 1 aromatic heterocycles. The zero-order valence-corrected chi connectivity index (χ0v) is 17.4. The van der Waals surface area contributed by atoms with Crippen LogP contribution in [0.2, 0.25) is 0 Å². The van der Waals surface area contributed by atoms with Gasteiger partial charge in [-0.25, -0.2) is 4.79 Å². The Kier molecular flexibility index (Phi) is 5.09. The predicted octanol–water partition coefficient (Wildman–Crippen LogP) is 3.70. The Balaban J connectivity index is 1.78. The fourth-order valence-electron chi connectivity index (χ4n) is 4.00. The fraction of sp³-hybridized carbons (Fsp3) is 0.304. The second-order valence-electron chi connectivity index (χ2n) is 7.08. The molecule has 2 aromatic carbocycles. The number of carbonyl (C=O) groups excluding carboxylic acids is 1. The molecule has 3 aromatic rings. The Morgan fingerprint density at radius 1 is 1.00 bits per heavy atom. The Hall–Kier alpha value is -3.16. The number of nitrogens with one attached hydrogen (secondary N) is 1. The highest BCUT2D eigenvalue weighted by Crippen LogP contribution is 2.40. The van der Waals surface area contributed by atoms with Gasteiger partial charge < -0.3 is 24.1 Å². The summed E-state index contributed by atoms with van der Waals surface area (Å²) in [4.78, 5) is 27.3.